The Balaban J connectivity index is 2.04. The highest BCUT2D eigenvalue weighted by Gasteiger charge is 2.45. The van der Waals surface area contributed by atoms with Gasteiger partial charge in [-0.1, -0.05) is 19.3 Å². The molecule has 0 aromatic heterocycles. The van der Waals surface area contributed by atoms with Crippen LogP contribution in [0.4, 0.5) is 0 Å². The van der Waals surface area contributed by atoms with Gasteiger partial charge >= 0.3 is 0 Å². The number of hydrogen-bond donors (Lipinski definition) is 1. The summed E-state index contributed by atoms with van der Waals surface area (Å²) in [6, 6.07) is 0. The SMILES string of the molecule is O=S1(=O)CCC1C(CO)C1CCC1. The highest BCUT2D eigenvalue weighted by molar-refractivity contribution is 7.93. The number of hydrogen-bond acceptors (Lipinski definition) is 3. The summed E-state index contributed by atoms with van der Waals surface area (Å²) in [7, 11) is -2.81. The monoisotopic (exact) mass is 204 g/mol. The molecule has 13 heavy (non-hydrogen) atoms. The lowest BCUT2D eigenvalue weighted by atomic mass is 9.74. The van der Waals surface area contributed by atoms with Crippen molar-refractivity contribution < 1.29 is 13.5 Å². The molecule has 0 bridgehead atoms. The van der Waals surface area contributed by atoms with E-state index in [1.165, 1.54) is 6.42 Å². The van der Waals surface area contributed by atoms with Gasteiger partial charge in [-0.2, -0.15) is 0 Å². The maximum atomic E-state index is 11.4. The van der Waals surface area contributed by atoms with E-state index < -0.39 is 9.84 Å². The second-order valence-corrected chi connectivity index (χ2v) is 6.57. The Morgan fingerprint density at radius 3 is 2.23 bits per heavy atom. The molecule has 1 N–H and O–H groups in total. The minimum absolute atomic E-state index is 0.0347. The van der Waals surface area contributed by atoms with Gasteiger partial charge in [0.2, 0.25) is 0 Å². The van der Waals surface area contributed by atoms with Crippen molar-refractivity contribution in [1.29, 1.82) is 0 Å². The van der Waals surface area contributed by atoms with Crippen LogP contribution >= 0.6 is 0 Å². The summed E-state index contributed by atoms with van der Waals surface area (Å²) in [5.41, 5.74) is 0. The van der Waals surface area contributed by atoms with Crippen LogP contribution in [-0.4, -0.2) is 31.1 Å². The summed E-state index contributed by atoms with van der Waals surface area (Å²) in [6.07, 6.45) is 4.19. The van der Waals surface area contributed by atoms with Crippen molar-refractivity contribution in [3.8, 4) is 0 Å². The molecule has 2 unspecified atom stereocenters. The molecule has 1 aliphatic heterocycles. The van der Waals surface area contributed by atoms with E-state index in [9.17, 15) is 8.42 Å². The van der Waals surface area contributed by atoms with E-state index in [1.54, 1.807) is 0 Å². The molecule has 2 fully saturated rings. The van der Waals surface area contributed by atoms with E-state index in [1.807, 2.05) is 0 Å². The van der Waals surface area contributed by atoms with Gasteiger partial charge in [-0.3, -0.25) is 0 Å². The van der Waals surface area contributed by atoms with Gasteiger partial charge in [0.15, 0.2) is 9.84 Å². The molecule has 1 aliphatic carbocycles. The molecule has 3 nitrogen and oxygen atoms in total. The first-order valence-corrected chi connectivity index (χ1v) is 6.69. The van der Waals surface area contributed by atoms with Crippen LogP contribution in [0.1, 0.15) is 25.7 Å². The zero-order chi connectivity index (χ0) is 9.47. The lowest BCUT2D eigenvalue weighted by Gasteiger charge is -2.40. The lowest BCUT2D eigenvalue weighted by molar-refractivity contribution is 0.114. The van der Waals surface area contributed by atoms with Gasteiger partial charge in [0.1, 0.15) is 0 Å². The van der Waals surface area contributed by atoms with Gasteiger partial charge in [-0.15, -0.1) is 0 Å². The molecule has 4 heteroatoms. The zero-order valence-corrected chi connectivity index (χ0v) is 8.46. The number of aliphatic hydroxyl groups excluding tert-OH is 1. The van der Waals surface area contributed by atoms with Crippen molar-refractivity contribution in [2.24, 2.45) is 11.8 Å². The Bertz CT molecular complexity index is 279. The number of rotatable bonds is 3. The van der Waals surface area contributed by atoms with Crippen molar-refractivity contribution in [2.75, 3.05) is 12.4 Å². The average Bonchev–Trinajstić information content (AvgIpc) is 1.98. The third kappa shape index (κ3) is 1.50. The Hall–Kier alpha value is -0.0900. The van der Waals surface area contributed by atoms with Crippen molar-refractivity contribution in [3.63, 3.8) is 0 Å². The van der Waals surface area contributed by atoms with Crippen molar-refractivity contribution in [3.05, 3.63) is 0 Å². The predicted molar refractivity (Wildman–Crippen MR) is 50.1 cm³/mol. The van der Waals surface area contributed by atoms with E-state index in [2.05, 4.69) is 0 Å². The molecule has 1 saturated heterocycles. The Labute approximate surface area is 79.1 Å². The predicted octanol–water partition coefficient (Wildman–Crippen LogP) is 0.582. The molecule has 2 atom stereocenters. The molecule has 76 valence electrons. The van der Waals surface area contributed by atoms with Gasteiger partial charge in [0.25, 0.3) is 0 Å². The number of aliphatic hydroxyl groups is 1. The Morgan fingerprint density at radius 1 is 1.31 bits per heavy atom. The fourth-order valence-corrected chi connectivity index (χ4v) is 4.10. The summed E-state index contributed by atoms with van der Waals surface area (Å²) in [4.78, 5) is 0. The molecule has 0 spiro atoms. The van der Waals surface area contributed by atoms with Crippen LogP contribution in [0, 0.1) is 11.8 Å². The van der Waals surface area contributed by atoms with E-state index in [0.717, 1.165) is 19.3 Å². The first kappa shape index (κ1) is 9.46. The van der Waals surface area contributed by atoms with Crippen LogP contribution in [-0.2, 0) is 9.84 Å². The summed E-state index contributed by atoms with van der Waals surface area (Å²) < 4.78 is 22.7. The molecule has 0 aromatic carbocycles. The highest BCUT2D eigenvalue weighted by atomic mass is 32.2. The largest absolute Gasteiger partial charge is 0.396 e. The van der Waals surface area contributed by atoms with Gasteiger partial charge in [0.05, 0.1) is 11.0 Å². The molecule has 2 aliphatic rings. The summed E-state index contributed by atoms with van der Waals surface area (Å²) >= 11 is 0. The first-order chi connectivity index (χ1) is 6.15. The van der Waals surface area contributed by atoms with E-state index in [0.29, 0.717) is 11.7 Å². The second kappa shape index (κ2) is 3.24. The van der Waals surface area contributed by atoms with Crippen LogP contribution in [0.3, 0.4) is 0 Å². The highest BCUT2D eigenvalue weighted by Crippen LogP contribution is 2.40. The van der Waals surface area contributed by atoms with Crippen molar-refractivity contribution >= 4 is 9.84 Å². The molecule has 0 radical (unpaired) electrons. The van der Waals surface area contributed by atoms with Gasteiger partial charge < -0.3 is 5.11 Å². The molecule has 1 heterocycles. The lowest BCUT2D eigenvalue weighted by Crippen LogP contribution is -2.47. The van der Waals surface area contributed by atoms with E-state index in [4.69, 9.17) is 5.11 Å². The average molecular weight is 204 g/mol. The molecule has 0 aromatic rings. The minimum atomic E-state index is -2.81. The fraction of sp³-hybridized carbons (Fsp3) is 1.00. The van der Waals surface area contributed by atoms with Crippen LogP contribution < -0.4 is 0 Å². The van der Waals surface area contributed by atoms with E-state index in [-0.39, 0.29) is 17.8 Å². The molecule has 2 rings (SSSR count). The first-order valence-electron chi connectivity index (χ1n) is 4.97. The Morgan fingerprint density at radius 2 is 2.00 bits per heavy atom. The summed E-state index contributed by atoms with van der Waals surface area (Å²) in [5, 5.41) is 8.94. The van der Waals surface area contributed by atoms with Crippen LogP contribution in [0.15, 0.2) is 0 Å². The third-order valence-electron chi connectivity index (χ3n) is 3.59. The third-order valence-corrected chi connectivity index (χ3v) is 5.90. The van der Waals surface area contributed by atoms with Crippen LogP contribution in [0.2, 0.25) is 0 Å². The molecular weight excluding hydrogens is 188 g/mol. The molecule has 0 amide bonds. The molecule has 1 saturated carbocycles. The Kier molecular flexibility index (Phi) is 2.36. The van der Waals surface area contributed by atoms with E-state index >= 15 is 0 Å². The van der Waals surface area contributed by atoms with Crippen LogP contribution in [0.25, 0.3) is 0 Å². The maximum absolute atomic E-state index is 11.4. The van der Waals surface area contributed by atoms with Gasteiger partial charge in [-0.05, 0) is 12.3 Å². The zero-order valence-electron chi connectivity index (χ0n) is 7.65. The van der Waals surface area contributed by atoms with Crippen molar-refractivity contribution in [2.45, 2.75) is 30.9 Å². The topological polar surface area (TPSA) is 54.4 Å². The standard InChI is InChI=1S/C9H16O3S/c10-6-8(7-2-1-3-7)9-4-5-13(9,11)12/h7-10H,1-6H2. The second-order valence-electron chi connectivity index (χ2n) is 4.23. The number of sulfone groups is 1. The quantitative estimate of drug-likeness (QED) is 0.731. The van der Waals surface area contributed by atoms with Crippen molar-refractivity contribution in [1.82, 2.24) is 0 Å². The maximum Gasteiger partial charge on any atom is 0.153 e. The molecular formula is C9H16O3S. The van der Waals surface area contributed by atoms with Gasteiger partial charge in [-0.25, -0.2) is 8.42 Å². The minimum Gasteiger partial charge on any atom is -0.396 e. The summed E-state index contributed by atoms with van der Waals surface area (Å²) in [5.74, 6) is 0.846. The van der Waals surface area contributed by atoms with Gasteiger partial charge in [0, 0.05) is 12.5 Å². The normalized spacial score (nSPS) is 34.7. The fourth-order valence-electron chi connectivity index (χ4n) is 2.36. The summed E-state index contributed by atoms with van der Waals surface area (Å²) in [6.45, 7) is 0.0502. The van der Waals surface area contributed by atoms with Crippen LogP contribution in [0.5, 0.6) is 0 Å². The smallest absolute Gasteiger partial charge is 0.153 e.